The van der Waals surface area contributed by atoms with Crippen LogP contribution in [0, 0.1) is 13.8 Å². The van der Waals surface area contributed by atoms with Crippen LogP contribution in [0.4, 0.5) is 5.69 Å². The summed E-state index contributed by atoms with van der Waals surface area (Å²) < 4.78 is 5.30. The lowest BCUT2D eigenvalue weighted by atomic mass is 10.0. The molecule has 0 heterocycles. The second kappa shape index (κ2) is 10.3. The standard InChI is InChI=1S/C26H25NO4/c1-18-12-14-21(15-13-18)25(29)17-31-26(30)23(27-22-11-7-6-8-19(22)2)16-24(28)20-9-4-3-5-10-20/h3-15,23,27H,16-17H2,1-2H3/t23-/m0/s1. The number of nitrogens with one attached hydrogen (secondary N) is 1. The van der Waals surface area contributed by atoms with Crippen molar-refractivity contribution in [2.75, 3.05) is 11.9 Å². The molecule has 3 rings (SSSR count). The molecule has 0 unspecified atom stereocenters. The SMILES string of the molecule is Cc1ccc(C(=O)COC(=O)[C@H](CC(=O)c2ccccc2)Nc2ccccc2C)cc1. The van der Waals surface area contributed by atoms with Crippen LogP contribution in [0.15, 0.2) is 78.9 Å². The molecular formula is C26H25NO4. The Morgan fingerprint density at radius 2 is 1.39 bits per heavy atom. The second-order valence-electron chi connectivity index (χ2n) is 7.40. The Kier molecular flexibility index (Phi) is 7.33. The van der Waals surface area contributed by atoms with E-state index in [2.05, 4.69) is 5.32 Å². The maximum Gasteiger partial charge on any atom is 0.329 e. The fourth-order valence-corrected chi connectivity index (χ4v) is 3.10. The highest BCUT2D eigenvalue weighted by molar-refractivity contribution is 6.01. The van der Waals surface area contributed by atoms with Crippen LogP contribution in [0.25, 0.3) is 0 Å². The molecule has 0 fully saturated rings. The molecule has 0 amide bonds. The Bertz CT molecular complexity index is 1060. The van der Waals surface area contributed by atoms with Crippen LogP contribution >= 0.6 is 0 Å². The molecule has 158 valence electrons. The van der Waals surface area contributed by atoms with E-state index in [0.29, 0.717) is 11.1 Å². The van der Waals surface area contributed by atoms with Gasteiger partial charge in [-0.2, -0.15) is 0 Å². The molecule has 1 N–H and O–H groups in total. The zero-order valence-electron chi connectivity index (χ0n) is 17.6. The molecule has 0 aliphatic carbocycles. The Labute approximate surface area is 182 Å². The molecule has 3 aromatic rings. The van der Waals surface area contributed by atoms with E-state index in [0.717, 1.165) is 16.8 Å². The first-order chi connectivity index (χ1) is 14.9. The van der Waals surface area contributed by atoms with Crippen LogP contribution < -0.4 is 5.32 Å². The van der Waals surface area contributed by atoms with Gasteiger partial charge >= 0.3 is 5.97 Å². The lowest BCUT2D eigenvalue weighted by molar-refractivity contribution is -0.143. The predicted molar refractivity (Wildman–Crippen MR) is 120 cm³/mol. The number of anilines is 1. The fourth-order valence-electron chi connectivity index (χ4n) is 3.10. The van der Waals surface area contributed by atoms with Gasteiger partial charge in [-0.3, -0.25) is 9.59 Å². The van der Waals surface area contributed by atoms with Crippen LogP contribution in [0.2, 0.25) is 0 Å². The van der Waals surface area contributed by atoms with Crippen molar-refractivity contribution >= 4 is 23.2 Å². The summed E-state index contributed by atoms with van der Waals surface area (Å²) in [4.78, 5) is 37.9. The molecule has 0 aliphatic rings. The van der Waals surface area contributed by atoms with Gasteiger partial charge in [0.2, 0.25) is 0 Å². The highest BCUT2D eigenvalue weighted by atomic mass is 16.5. The maximum atomic E-state index is 12.8. The lowest BCUT2D eigenvalue weighted by Gasteiger charge is -2.19. The average Bonchev–Trinajstić information content (AvgIpc) is 2.79. The van der Waals surface area contributed by atoms with Gasteiger partial charge in [0.25, 0.3) is 0 Å². The summed E-state index contributed by atoms with van der Waals surface area (Å²) in [6.07, 6.45) is -0.0874. The first-order valence-electron chi connectivity index (χ1n) is 10.1. The number of aryl methyl sites for hydroxylation is 2. The third-order valence-corrected chi connectivity index (χ3v) is 4.96. The molecule has 0 aromatic heterocycles. The number of hydrogen-bond acceptors (Lipinski definition) is 5. The number of carbonyl (C=O) groups excluding carboxylic acids is 3. The molecule has 0 spiro atoms. The summed E-state index contributed by atoms with van der Waals surface area (Å²) in [5, 5.41) is 3.11. The van der Waals surface area contributed by atoms with Crippen molar-refractivity contribution in [1.82, 2.24) is 0 Å². The van der Waals surface area contributed by atoms with Crippen molar-refractivity contribution in [3.8, 4) is 0 Å². The summed E-state index contributed by atoms with van der Waals surface area (Å²) in [6.45, 7) is 3.46. The summed E-state index contributed by atoms with van der Waals surface area (Å²) in [5.41, 5.74) is 3.69. The van der Waals surface area contributed by atoms with E-state index in [1.54, 1.807) is 36.4 Å². The van der Waals surface area contributed by atoms with Crippen molar-refractivity contribution in [2.24, 2.45) is 0 Å². The van der Waals surface area contributed by atoms with Gasteiger partial charge in [0.15, 0.2) is 18.2 Å². The monoisotopic (exact) mass is 415 g/mol. The molecule has 5 heteroatoms. The van der Waals surface area contributed by atoms with E-state index >= 15 is 0 Å². The number of ketones is 2. The van der Waals surface area contributed by atoms with E-state index in [1.165, 1.54) is 0 Å². The Hall–Kier alpha value is -3.73. The summed E-state index contributed by atoms with van der Waals surface area (Å²) in [5.74, 6) is -1.13. The smallest absolute Gasteiger partial charge is 0.329 e. The van der Waals surface area contributed by atoms with E-state index in [4.69, 9.17) is 4.74 Å². The Morgan fingerprint density at radius 3 is 2.06 bits per heavy atom. The minimum Gasteiger partial charge on any atom is -0.456 e. The van der Waals surface area contributed by atoms with E-state index < -0.39 is 12.0 Å². The van der Waals surface area contributed by atoms with Gasteiger partial charge in [-0.1, -0.05) is 78.4 Å². The van der Waals surface area contributed by atoms with Crippen molar-refractivity contribution in [2.45, 2.75) is 26.3 Å². The maximum absolute atomic E-state index is 12.8. The average molecular weight is 415 g/mol. The zero-order valence-corrected chi connectivity index (χ0v) is 17.6. The summed E-state index contributed by atoms with van der Waals surface area (Å²) >= 11 is 0. The van der Waals surface area contributed by atoms with Gasteiger partial charge in [-0.05, 0) is 25.5 Å². The zero-order chi connectivity index (χ0) is 22.2. The van der Waals surface area contributed by atoms with Crippen molar-refractivity contribution in [3.05, 3.63) is 101 Å². The minimum absolute atomic E-state index is 0.0874. The van der Waals surface area contributed by atoms with E-state index in [-0.39, 0.29) is 24.6 Å². The van der Waals surface area contributed by atoms with E-state index in [1.807, 2.05) is 56.3 Å². The third kappa shape index (κ3) is 6.12. The first kappa shape index (κ1) is 22.0. The number of hydrogen-bond donors (Lipinski definition) is 1. The molecule has 0 bridgehead atoms. The molecule has 31 heavy (non-hydrogen) atoms. The number of rotatable bonds is 9. The number of carbonyl (C=O) groups is 3. The van der Waals surface area contributed by atoms with Crippen LogP contribution in [0.5, 0.6) is 0 Å². The number of benzene rings is 3. The topological polar surface area (TPSA) is 72.5 Å². The highest BCUT2D eigenvalue weighted by Gasteiger charge is 2.25. The number of para-hydroxylation sites is 1. The first-order valence-corrected chi connectivity index (χ1v) is 10.1. The normalized spacial score (nSPS) is 11.4. The van der Waals surface area contributed by atoms with Crippen LogP contribution in [-0.2, 0) is 9.53 Å². The largest absolute Gasteiger partial charge is 0.456 e. The van der Waals surface area contributed by atoms with Gasteiger partial charge in [0.1, 0.15) is 6.04 Å². The molecule has 0 radical (unpaired) electrons. The number of ether oxygens (including phenoxy) is 1. The van der Waals surface area contributed by atoms with Crippen LogP contribution in [0.3, 0.4) is 0 Å². The molecule has 5 nitrogen and oxygen atoms in total. The fraction of sp³-hybridized carbons (Fsp3) is 0.192. The summed E-state index contributed by atoms with van der Waals surface area (Å²) in [6, 6.07) is 22.4. The van der Waals surface area contributed by atoms with Gasteiger partial charge in [0.05, 0.1) is 0 Å². The molecule has 0 saturated carbocycles. The Balaban J connectivity index is 1.72. The highest BCUT2D eigenvalue weighted by Crippen LogP contribution is 2.18. The molecule has 0 aliphatic heterocycles. The number of esters is 1. The van der Waals surface area contributed by atoms with Crippen molar-refractivity contribution in [1.29, 1.82) is 0 Å². The van der Waals surface area contributed by atoms with Crippen molar-refractivity contribution < 1.29 is 19.1 Å². The molecule has 1 atom stereocenters. The van der Waals surface area contributed by atoms with Crippen molar-refractivity contribution in [3.63, 3.8) is 0 Å². The molecule has 3 aromatic carbocycles. The summed E-state index contributed by atoms with van der Waals surface area (Å²) in [7, 11) is 0. The quantitative estimate of drug-likeness (QED) is 0.402. The van der Waals surface area contributed by atoms with Gasteiger partial charge < -0.3 is 10.1 Å². The lowest BCUT2D eigenvalue weighted by Crippen LogP contribution is -2.35. The van der Waals surface area contributed by atoms with E-state index in [9.17, 15) is 14.4 Å². The van der Waals surface area contributed by atoms with Crippen LogP contribution in [0.1, 0.15) is 38.3 Å². The van der Waals surface area contributed by atoms with Gasteiger partial charge in [-0.25, -0.2) is 4.79 Å². The Morgan fingerprint density at radius 1 is 0.774 bits per heavy atom. The molecule has 0 saturated heterocycles. The van der Waals surface area contributed by atoms with Gasteiger partial charge in [0, 0.05) is 23.2 Å². The number of Topliss-reactive ketones (excluding diaryl/α,β-unsaturated/α-hetero) is 2. The predicted octanol–water partition coefficient (Wildman–Crippen LogP) is 4.78. The van der Waals surface area contributed by atoms with Crippen LogP contribution in [-0.4, -0.2) is 30.2 Å². The third-order valence-electron chi connectivity index (χ3n) is 4.96. The second-order valence-corrected chi connectivity index (χ2v) is 7.40. The van der Waals surface area contributed by atoms with Gasteiger partial charge in [-0.15, -0.1) is 0 Å². The minimum atomic E-state index is -0.917. The molecular weight excluding hydrogens is 390 g/mol.